The molecule has 6 heteroatoms. The highest BCUT2D eigenvalue weighted by molar-refractivity contribution is 6.11. The molecule has 3 rings (SSSR count). The fraction of sp³-hybridized carbons (Fsp3) is 0.429. The standard InChI is InChI=1S/C28H34O6/c1-6-20-11-12-23-24(13-20)28(34-17-26(30)32-15-19(4)5)22-10-8-7-9-21(22)27(23)33-16-25(29)31-14-18(2)3/h7-13,18-19H,6,14-17H2,1-5H3. The molecule has 0 spiro atoms. The van der Waals surface area contributed by atoms with Crippen molar-refractivity contribution < 1.29 is 28.5 Å². The number of aryl methyl sites for hydroxylation is 1. The molecule has 0 bridgehead atoms. The molecule has 0 fully saturated rings. The topological polar surface area (TPSA) is 71.1 Å². The van der Waals surface area contributed by atoms with Crippen molar-refractivity contribution in [1.82, 2.24) is 0 Å². The van der Waals surface area contributed by atoms with E-state index in [1.807, 2.05) is 70.2 Å². The highest BCUT2D eigenvalue weighted by Crippen LogP contribution is 2.43. The van der Waals surface area contributed by atoms with Gasteiger partial charge in [-0.05, 0) is 29.9 Å². The van der Waals surface area contributed by atoms with Gasteiger partial charge in [0.1, 0.15) is 11.5 Å². The van der Waals surface area contributed by atoms with Gasteiger partial charge in [-0.3, -0.25) is 0 Å². The summed E-state index contributed by atoms with van der Waals surface area (Å²) in [6.07, 6.45) is 0.844. The van der Waals surface area contributed by atoms with Gasteiger partial charge in [0, 0.05) is 21.5 Å². The van der Waals surface area contributed by atoms with E-state index >= 15 is 0 Å². The summed E-state index contributed by atoms with van der Waals surface area (Å²) < 4.78 is 22.6. The molecule has 0 unspecified atom stereocenters. The molecule has 0 aliphatic heterocycles. The fourth-order valence-corrected chi connectivity index (χ4v) is 3.54. The van der Waals surface area contributed by atoms with E-state index in [4.69, 9.17) is 18.9 Å². The molecule has 0 saturated heterocycles. The second kappa shape index (κ2) is 11.7. The summed E-state index contributed by atoms with van der Waals surface area (Å²) in [7, 11) is 0. The molecule has 34 heavy (non-hydrogen) atoms. The molecular weight excluding hydrogens is 432 g/mol. The normalized spacial score (nSPS) is 11.3. The van der Waals surface area contributed by atoms with Crippen LogP contribution in [-0.2, 0) is 25.5 Å². The van der Waals surface area contributed by atoms with E-state index in [2.05, 4.69) is 6.92 Å². The van der Waals surface area contributed by atoms with Crippen LogP contribution in [0.2, 0.25) is 0 Å². The SMILES string of the molecule is CCc1ccc2c(OCC(=O)OCC(C)C)c3ccccc3c(OCC(=O)OCC(C)C)c2c1. The van der Waals surface area contributed by atoms with Crippen LogP contribution in [0.3, 0.4) is 0 Å². The predicted molar refractivity (Wildman–Crippen MR) is 133 cm³/mol. The van der Waals surface area contributed by atoms with Crippen LogP contribution in [0.5, 0.6) is 11.5 Å². The van der Waals surface area contributed by atoms with Gasteiger partial charge in [-0.1, -0.05) is 71.0 Å². The van der Waals surface area contributed by atoms with Gasteiger partial charge in [-0.2, -0.15) is 0 Å². The lowest BCUT2D eigenvalue weighted by Gasteiger charge is -2.18. The van der Waals surface area contributed by atoms with E-state index in [0.29, 0.717) is 24.7 Å². The van der Waals surface area contributed by atoms with Crippen molar-refractivity contribution in [2.24, 2.45) is 11.8 Å². The fourth-order valence-electron chi connectivity index (χ4n) is 3.54. The third-order valence-corrected chi connectivity index (χ3v) is 5.22. The maximum atomic E-state index is 12.2. The lowest BCUT2D eigenvalue weighted by Crippen LogP contribution is -2.18. The molecule has 0 atom stereocenters. The molecule has 0 radical (unpaired) electrons. The smallest absolute Gasteiger partial charge is 0.344 e. The zero-order valence-electron chi connectivity index (χ0n) is 20.7. The van der Waals surface area contributed by atoms with Crippen LogP contribution in [0.15, 0.2) is 42.5 Å². The summed E-state index contributed by atoms with van der Waals surface area (Å²) in [6.45, 7) is 10.3. The Morgan fingerprint density at radius 3 is 1.65 bits per heavy atom. The largest absolute Gasteiger partial charge is 0.481 e. The molecule has 3 aromatic carbocycles. The first-order chi connectivity index (χ1) is 16.3. The van der Waals surface area contributed by atoms with Crippen molar-refractivity contribution in [1.29, 1.82) is 0 Å². The number of ether oxygens (including phenoxy) is 4. The minimum atomic E-state index is -0.413. The van der Waals surface area contributed by atoms with Gasteiger partial charge in [0.2, 0.25) is 0 Å². The van der Waals surface area contributed by atoms with E-state index in [9.17, 15) is 9.59 Å². The van der Waals surface area contributed by atoms with Crippen LogP contribution in [0.25, 0.3) is 21.5 Å². The maximum absolute atomic E-state index is 12.2. The number of hydrogen-bond donors (Lipinski definition) is 0. The second-order valence-electron chi connectivity index (χ2n) is 9.17. The Morgan fingerprint density at radius 1 is 0.706 bits per heavy atom. The quantitative estimate of drug-likeness (QED) is 0.266. The van der Waals surface area contributed by atoms with Crippen molar-refractivity contribution >= 4 is 33.5 Å². The van der Waals surface area contributed by atoms with Crippen molar-refractivity contribution in [2.75, 3.05) is 26.4 Å². The summed E-state index contributed by atoms with van der Waals surface area (Å²) in [4.78, 5) is 24.5. The zero-order chi connectivity index (χ0) is 24.7. The summed E-state index contributed by atoms with van der Waals surface area (Å²) in [5, 5.41) is 3.21. The van der Waals surface area contributed by atoms with Gasteiger partial charge in [-0.15, -0.1) is 0 Å². The zero-order valence-corrected chi connectivity index (χ0v) is 20.7. The van der Waals surface area contributed by atoms with E-state index in [0.717, 1.165) is 33.5 Å². The summed E-state index contributed by atoms with van der Waals surface area (Å²) >= 11 is 0. The molecule has 6 nitrogen and oxygen atoms in total. The molecular formula is C28H34O6. The number of benzene rings is 3. The van der Waals surface area contributed by atoms with Crippen LogP contribution < -0.4 is 9.47 Å². The van der Waals surface area contributed by atoms with E-state index in [1.54, 1.807) is 0 Å². The number of hydrogen-bond acceptors (Lipinski definition) is 6. The van der Waals surface area contributed by atoms with Crippen molar-refractivity contribution in [3.8, 4) is 11.5 Å². The van der Waals surface area contributed by atoms with Gasteiger partial charge in [0.15, 0.2) is 13.2 Å². The summed E-state index contributed by atoms with van der Waals surface area (Å²) in [5.74, 6) is 0.861. The molecule has 0 heterocycles. The Morgan fingerprint density at radius 2 is 1.18 bits per heavy atom. The van der Waals surface area contributed by atoms with Crippen LogP contribution in [-0.4, -0.2) is 38.4 Å². The van der Waals surface area contributed by atoms with Crippen molar-refractivity contribution in [3.05, 3.63) is 48.0 Å². The highest BCUT2D eigenvalue weighted by atomic mass is 16.6. The summed E-state index contributed by atoms with van der Waals surface area (Å²) in [6, 6.07) is 13.7. The Labute approximate surface area is 201 Å². The third-order valence-electron chi connectivity index (χ3n) is 5.22. The molecule has 0 amide bonds. The van der Waals surface area contributed by atoms with E-state index < -0.39 is 11.9 Å². The molecule has 3 aromatic rings. The Kier molecular flexibility index (Phi) is 8.74. The number of fused-ring (bicyclic) bond motifs is 2. The van der Waals surface area contributed by atoms with Crippen LogP contribution in [0.4, 0.5) is 0 Å². The number of rotatable bonds is 11. The van der Waals surface area contributed by atoms with Crippen LogP contribution in [0, 0.1) is 11.8 Å². The summed E-state index contributed by atoms with van der Waals surface area (Å²) in [5.41, 5.74) is 1.12. The molecule has 0 aliphatic carbocycles. The van der Waals surface area contributed by atoms with Crippen molar-refractivity contribution in [3.63, 3.8) is 0 Å². The van der Waals surface area contributed by atoms with Crippen molar-refractivity contribution in [2.45, 2.75) is 41.0 Å². The number of carbonyl (C=O) groups excluding carboxylic acids is 2. The van der Waals surface area contributed by atoms with Crippen LogP contribution >= 0.6 is 0 Å². The molecule has 0 aliphatic rings. The Hall–Kier alpha value is -3.28. The van der Waals surface area contributed by atoms with Gasteiger partial charge in [-0.25, -0.2) is 9.59 Å². The number of carbonyl (C=O) groups is 2. The molecule has 0 N–H and O–H groups in total. The lowest BCUT2D eigenvalue weighted by atomic mass is 9.98. The average molecular weight is 467 g/mol. The lowest BCUT2D eigenvalue weighted by molar-refractivity contribution is -0.147. The monoisotopic (exact) mass is 466 g/mol. The molecule has 182 valence electrons. The third kappa shape index (κ3) is 6.40. The van der Waals surface area contributed by atoms with Crippen LogP contribution in [0.1, 0.15) is 40.2 Å². The first-order valence-corrected chi connectivity index (χ1v) is 11.8. The first kappa shape index (κ1) is 25.3. The minimum absolute atomic E-state index is 0.191. The van der Waals surface area contributed by atoms with Gasteiger partial charge >= 0.3 is 11.9 Å². The van der Waals surface area contributed by atoms with Gasteiger partial charge < -0.3 is 18.9 Å². The molecule has 0 aromatic heterocycles. The Bertz CT molecular complexity index is 1150. The van der Waals surface area contributed by atoms with E-state index in [1.165, 1.54) is 0 Å². The van der Waals surface area contributed by atoms with Gasteiger partial charge in [0.05, 0.1) is 13.2 Å². The average Bonchev–Trinajstić information content (AvgIpc) is 2.82. The first-order valence-electron chi connectivity index (χ1n) is 11.8. The van der Waals surface area contributed by atoms with Gasteiger partial charge in [0.25, 0.3) is 0 Å². The highest BCUT2D eigenvalue weighted by Gasteiger charge is 2.19. The molecule has 0 saturated carbocycles. The number of esters is 2. The Balaban J connectivity index is 2.00. The van der Waals surface area contributed by atoms with E-state index in [-0.39, 0.29) is 25.0 Å². The predicted octanol–water partition coefficient (Wildman–Crippen LogP) is 5.71. The second-order valence-corrected chi connectivity index (χ2v) is 9.17. The minimum Gasteiger partial charge on any atom is -0.481 e. The maximum Gasteiger partial charge on any atom is 0.344 e.